The average molecular weight is 279 g/mol. The number of nitriles is 1. The van der Waals surface area contributed by atoms with Crippen LogP contribution in [0.15, 0.2) is 0 Å². The topological polar surface area (TPSA) is 39.1 Å². The summed E-state index contributed by atoms with van der Waals surface area (Å²) in [5, 5.41) is 12.7. The van der Waals surface area contributed by atoms with Crippen LogP contribution < -0.4 is 5.32 Å². The molecule has 3 atom stereocenters. The fourth-order valence-corrected chi connectivity index (χ4v) is 3.59. The van der Waals surface area contributed by atoms with E-state index in [1.807, 2.05) is 6.92 Å². The Bertz CT molecular complexity index is 311. The summed E-state index contributed by atoms with van der Waals surface area (Å²) in [6.45, 7) is 14.7. The standard InChI is InChI=1S/C17H33N3/c1-14(2)19-17(5,13-18)8-6-7-9-20-11-15(3)10-16(4)12-20/h14-16,19H,6-12H2,1-5H3. The van der Waals surface area contributed by atoms with Gasteiger partial charge in [0.05, 0.1) is 6.07 Å². The SMILES string of the molecule is CC1CC(C)CN(CCCCC(C)(C#N)NC(C)C)C1. The zero-order valence-corrected chi connectivity index (χ0v) is 14.1. The van der Waals surface area contributed by atoms with Gasteiger partial charge in [0.2, 0.25) is 0 Å². The molecule has 0 aromatic carbocycles. The fourth-order valence-electron chi connectivity index (χ4n) is 3.59. The van der Waals surface area contributed by atoms with Crippen molar-refractivity contribution in [3.05, 3.63) is 0 Å². The summed E-state index contributed by atoms with van der Waals surface area (Å²) in [4.78, 5) is 2.61. The van der Waals surface area contributed by atoms with Gasteiger partial charge in [0.1, 0.15) is 5.54 Å². The van der Waals surface area contributed by atoms with Crippen molar-refractivity contribution in [1.29, 1.82) is 5.26 Å². The van der Waals surface area contributed by atoms with E-state index in [1.165, 1.54) is 32.5 Å². The Morgan fingerprint density at radius 3 is 2.35 bits per heavy atom. The fraction of sp³-hybridized carbons (Fsp3) is 0.941. The number of piperidine rings is 1. The third-order valence-electron chi connectivity index (χ3n) is 4.20. The lowest BCUT2D eigenvalue weighted by Crippen LogP contribution is -2.45. The van der Waals surface area contributed by atoms with Crippen LogP contribution in [0.3, 0.4) is 0 Å². The van der Waals surface area contributed by atoms with Crippen molar-refractivity contribution in [3.8, 4) is 6.07 Å². The van der Waals surface area contributed by atoms with Crippen molar-refractivity contribution >= 4 is 0 Å². The molecule has 1 rings (SSSR count). The molecule has 3 unspecified atom stereocenters. The van der Waals surface area contributed by atoms with E-state index in [9.17, 15) is 5.26 Å². The van der Waals surface area contributed by atoms with Gasteiger partial charge < -0.3 is 4.90 Å². The van der Waals surface area contributed by atoms with Gasteiger partial charge in [-0.3, -0.25) is 5.32 Å². The number of unbranched alkanes of at least 4 members (excludes halogenated alkanes) is 1. The molecule has 1 heterocycles. The highest BCUT2D eigenvalue weighted by atomic mass is 15.1. The quantitative estimate of drug-likeness (QED) is 0.726. The molecule has 1 aliphatic heterocycles. The van der Waals surface area contributed by atoms with Crippen molar-refractivity contribution in [2.24, 2.45) is 11.8 Å². The van der Waals surface area contributed by atoms with Crippen molar-refractivity contribution in [3.63, 3.8) is 0 Å². The minimum atomic E-state index is -0.364. The van der Waals surface area contributed by atoms with E-state index in [4.69, 9.17) is 0 Å². The highest BCUT2D eigenvalue weighted by Gasteiger charge is 2.24. The van der Waals surface area contributed by atoms with E-state index in [1.54, 1.807) is 0 Å². The summed E-state index contributed by atoms with van der Waals surface area (Å²) >= 11 is 0. The monoisotopic (exact) mass is 279 g/mol. The molecule has 0 bridgehead atoms. The predicted octanol–water partition coefficient (Wildman–Crippen LogP) is 3.41. The molecule has 3 heteroatoms. The van der Waals surface area contributed by atoms with Crippen LogP contribution in [0.5, 0.6) is 0 Å². The molecule has 0 spiro atoms. The van der Waals surface area contributed by atoms with Gasteiger partial charge in [-0.25, -0.2) is 0 Å². The highest BCUT2D eigenvalue weighted by Crippen LogP contribution is 2.21. The Labute approximate surface area is 125 Å². The normalized spacial score (nSPS) is 27.2. The minimum Gasteiger partial charge on any atom is -0.303 e. The third-order valence-corrected chi connectivity index (χ3v) is 4.20. The maximum Gasteiger partial charge on any atom is 0.104 e. The third kappa shape index (κ3) is 6.24. The Hall–Kier alpha value is -0.590. The zero-order valence-electron chi connectivity index (χ0n) is 14.1. The molecule has 0 radical (unpaired) electrons. The van der Waals surface area contributed by atoms with Gasteiger partial charge in [-0.1, -0.05) is 13.8 Å². The molecule has 0 aliphatic carbocycles. The molecular weight excluding hydrogens is 246 g/mol. The Morgan fingerprint density at radius 1 is 1.25 bits per heavy atom. The molecule has 20 heavy (non-hydrogen) atoms. The van der Waals surface area contributed by atoms with E-state index in [0.717, 1.165) is 24.7 Å². The molecule has 0 aromatic rings. The van der Waals surface area contributed by atoms with Gasteiger partial charge in [-0.2, -0.15) is 5.26 Å². The van der Waals surface area contributed by atoms with Gasteiger partial charge in [0.25, 0.3) is 0 Å². The number of hydrogen-bond donors (Lipinski definition) is 1. The van der Waals surface area contributed by atoms with Crippen LogP contribution in [0.25, 0.3) is 0 Å². The molecule has 1 saturated heterocycles. The average Bonchev–Trinajstić information content (AvgIpc) is 2.33. The van der Waals surface area contributed by atoms with Crippen LogP contribution in [-0.2, 0) is 0 Å². The smallest absolute Gasteiger partial charge is 0.104 e. The van der Waals surface area contributed by atoms with E-state index < -0.39 is 0 Å². The lowest BCUT2D eigenvalue weighted by atomic mass is 9.91. The molecule has 1 aliphatic rings. The maximum atomic E-state index is 9.33. The molecule has 1 fully saturated rings. The number of hydrogen-bond acceptors (Lipinski definition) is 3. The second kappa shape index (κ2) is 8.00. The Balaban J connectivity index is 2.25. The van der Waals surface area contributed by atoms with Gasteiger partial charge in [0, 0.05) is 19.1 Å². The number of nitrogens with one attached hydrogen (secondary N) is 1. The molecule has 1 N–H and O–H groups in total. The van der Waals surface area contributed by atoms with Crippen molar-refractivity contribution in [2.75, 3.05) is 19.6 Å². The van der Waals surface area contributed by atoms with E-state index in [-0.39, 0.29) is 5.54 Å². The Kier molecular flexibility index (Phi) is 6.99. The summed E-state index contributed by atoms with van der Waals surface area (Å²) in [6, 6.07) is 2.80. The molecule has 0 saturated carbocycles. The molecular formula is C17H33N3. The van der Waals surface area contributed by atoms with Gasteiger partial charge in [-0.05, 0) is 64.8 Å². The largest absolute Gasteiger partial charge is 0.303 e. The highest BCUT2D eigenvalue weighted by molar-refractivity contribution is 5.04. The van der Waals surface area contributed by atoms with E-state index in [2.05, 4.69) is 44.0 Å². The molecule has 3 nitrogen and oxygen atoms in total. The van der Waals surface area contributed by atoms with Crippen LogP contribution >= 0.6 is 0 Å². The number of nitrogens with zero attached hydrogens (tertiary/aromatic N) is 2. The minimum absolute atomic E-state index is 0.364. The first-order valence-corrected chi connectivity index (χ1v) is 8.26. The summed E-state index contributed by atoms with van der Waals surface area (Å²) in [5.41, 5.74) is -0.364. The summed E-state index contributed by atoms with van der Waals surface area (Å²) in [5.74, 6) is 1.68. The lowest BCUT2D eigenvalue weighted by molar-refractivity contribution is 0.138. The zero-order chi connectivity index (χ0) is 15.2. The first-order valence-electron chi connectivity index (χ1n) is 8.26. The lowest BCUT2D eigenvalue weighted by Gasteiger charge is -2.35. The van der Waals surface area contributed by atoms with Crippen LogP contribution in [-0.4, -0.2) is 36.1 Å². The van der Waals surface area contributed by atoms with Crippen molar-refractivity contribution < 1.29 is 0 Å². The number of likely N-dealkylation sites (tertiary alicyclic amines) is 1. The van der Waals surface area contributed by atoms with Gasteiger partial charge >= 0.3 is 0 Å². The summed E-state index contributed by atoms with van der Waals surface area (Å²) in [7, 11) is 0. The first kappa shape index (κ1) is 17.5. The summed E-state index contributed by atoms with van der Waals surface area (Å²) < 4.78 is 0. The Morgan fingerprint density at radius 2 is 1.85 bits per heavy atom. The summed E-state index contributed by atoms with van der Waals surface area (Å²) in [6.07, 6.45) is 4.65. The predicted molar refractivity (Wildman–Crippen MR) is 85.5 cm³/mol. The molecule has 0 aromatic heterocycles. The van der Waals surface area contributed by atoms with Crippen LogP contribution in [0.4, 0.5) is 0 Å². The van der Waals surface area contributed by atoms with Crippen LogP contribution in [0.1, 0.15) is 60.3 Å². The number of rotatable bonds is 7. The molecule has 116 valence electrons. The van der Waals surface area contributed by atoms with E-state index >= 15 is 0 Å². The first-order chi connectivity index (χ1) is 9.34. The van der Waals surface area contributed by atoms with Crippen molar-refractivity contribution in [2.45, 2.75) is 71.9 Å². The second-order valence-corrected chi connectivity index (χ2v) is 7.41. The van der Waals surface area contributed by atoms with E-state index in [0.29, 0.717) is 6.04 Å². The maximum absolute atomic E-state index is 9.33. The molecule has 0 amide bonds. The van der Waals surface area contributed by atoms with Crippen LogP contribution in [0.2, 0.25) is 0 Å². The van der Waals surface area contributed by atoms with Crippen LogP contribution in [0, 0.1) is 23.2 Å². The van der Waals surface area contributed by atoms with Crippen molar-refractivity contribution in [1.82, 2.24) is 10.2 Å². The second-order valence-electron chi connectivity index (χ2n) is 7.41. The van der Waals surface area contributed by atoms with Gasteiger partial charge in [-0.15, -0.1) is 0 Å². The van der Waals surface area contributed by atoms with Gasteiger partial charge in [0.15, 0.2) is 0 Å².